The van der Waals surface area contributed by atoms with Crippen LogP contribution in [0.2, 0.25) is 0 Å². The maximum absolute atomic E-state index is 11.8. The van der Waals surface area contributed by atoms with E-state index in [9.17, 15) is 4.79 Å². The Bertz CT molecular complexity index is 824. The van der Waals surface area contributed by atoms with E-state index < -0.39 is 5.97 Å². The maximum atomic E-state index is 11.8. The fourth-order valence-corrected chi connectivity index (χ4v) is 2.48. The highest BCUT2D eigenvalue weighted by Gasteiger charge is 2.17. The summed E-state index contributed by atoms with van der Waals surface area (Å²) in [6, 6.07) is 9.50. The molecule has 118 valence electrons. The summed E-state index contributed by atoms with van der Waals surface area (Å²) < 4.78 is 16.0. The van der Waals surface area contributed by atoms with Gasteiger partial charge in [-0.1, -0.05) is 6.07 Å². The van der Waals surface area contributed by atoms with Gasteiger partial charge >= 0.3 is 5.97 Å². The number of aromatic nitrogens is 1. The van der Waals surface area contributed by atoms with E-state index >= 15 is 0 Å². The van der Waals surface area contributed by atoms with Crippen LogP contribution in [0.4, 0.5) is 0 Å². The van der Waals surface area contributed by atoms with E-state index in [-0.39, 0.29) is 5.76 Å². The van der Waals surface area contributed by atoms with Crippen LogP contribution in [0, 0.1) is 0 Å². The SMILES string of the molecule is CCOC(=O)c1cc2cc(Cc3cccnc3)cc(OC)c2o1. The normalized spacial score (nSPS) is 10.7. The average molecular weight is 311 g/mol. The molecule has 1 aromatic carbocycles. The molecule has 0 saturated carbocycles. The molecular weight excluding hydrogens is 294 g/mol. The number of hydrogen-bond acceptors (Lipinski definition) is 5. The molecule has 0 atom stereocenters. The minimum atomic E-state index is -0.473. The number of methoxy groups -OCH3 is 1. The zero-order valence-electron chi connectivity index (χ0n) is 13.0. The first-order valence-corrected chi connectivity index (χ1v) is 7.37. The van der Waals surface area contributed by atoms with Crippen LogP contribution in [0.3, 0.4) is 0 Å². The summed E-state index contributed by atoms with van der Waals surface area (Å²) in [5, 5.41) is 0.811. The zero-order chi connectivity index (χ0) is 16.2. The van der Waals surface area contributed by atoms with Crippen LogP contribution in [0.15, 0.2) is 47.1 Å². The summed E-state index contributed by atoms with van der Waals surface area (Å²) in [4.78, 5) is 15.9. The van der Waals surface area contributed by atoms with Crippen LogP contribution in [0.1, 0.15) is 28.6 Å². The number of ether oxygens (including phenoxy) is 2. The fourth-order valence-electron chi connectivity index (χ4n) is 2.48. The standard InChI is InChI=1S/C18H17NO4/c1-3-22-18(20)16-10-14-8-13(7-12-5-4-6-19-11-12)9-15(21-2)17(14)23-16/h4-6,8-11H,3,7H2,1-2H3. The molecule has 5 nitrogen and oxygen atoms in total. The van der Waals surface area contributed by atoms with Gasteiger partial charge in [0.25, 0.3) is 0 Å². The number of rotatable bonds is 5. The highest BCUT2D eigenvalue weighted by molar-refractivity contribution is 5.94. The minimum absolute atomic E-state index is 0.179. The van der Waals surface area contributed by atoms with E-state index in [0.717, 1.165) is 22.9 Å². The summed E-state index contributed by atoms with van der Waals surface area (Å²) in [5.74, 6) is 0.301. The van der Waals surface area contributed by atoms with Crippen LogP contribution >= 0.6 is 0 Å². The molecule has 5 heteroatoms. The van der Waals surface area contributed by atoms with Gasteiger partial charge in [-0.3, -0.25) is 4.98 Å². The first-order chi connectivity index (χ1) is 11.2. The molecule has 0 spiro atoms. The van der Waals surface area contributed by atoms with Gasteiger partial charge in [0.15, 0.2) is 11.3 Å². The smallest absolute Gasteiger partial charge is 0.374 e. The minimum Gasteiger partial charge on any atom is -0.493 e. The molecule has 3 rings (SSSR count). The second kappa shape index (κ2) is 6.52. The van der Waals surface area contributed by atoms with Crippen LogP contribution in [-0.4, -0.2) is 24.7 Å². The highest BCUT2D eigenvalue weighted by atomic mass is 16.5. The van der Waals surface area contributed by atoms with Gasteiger partial charge < -0.3 is 13.9 Å². The second-order valence-electron chi connectivity index (χ2n) is 5.09. The van der Waals surface area contributed by atoms with Crippen LogP contribution < -0.4 is 4.74 Å². The van der Waals surface area contributed by atoms with Gasteiger partial charge in [0, 0.05) is 17.8 Å². The number of pyridine rings is 1. The van der Waals surface area contributed by atoms with Crippen molar-refractivity contribution in [1.82, 2.24) is 4.98 Å². The molecule has 23 heavy (non-hydrogen) atoms. The van der Waals surface area contributed by atoms with Crippen molar-refractivity contribution in [2.75, 3.05) is 13.7 Å². The van der Waals surface area contributed by atoms with E-state index in [4.69, 9.17) is 13.9 Å². The number of carbonyl (C=O) groups is 1. The van der Waals surface area contributed by atoms with Crippen molar-refractivity contribution in [2.45, 2.75) is 13.3 Å². The number of fused-ring (bicyclic) bond motifs is 1. The lowest BCUT2D eigenvalue weighted by Gasteiger charge is -2.06. The number of carbonyl (C=O) groups excluding carboxylic acids is 1. The molecule has 0 amide bonds. The van der Waals surface area contributed by atoms with Gasteiger partial charge in [-0.25, -0.2) is 4.79 Å². The molecule has 0 aliphatic carbocycles. The van der Waals surface area contributed by atoms with Gasteiger partial charge in [-0.15, -0.1) is 0 Å². The van der Waals surface area contributed by atoms with Crippen molar-refractivity contribution < 1.29 is 18.7 Å². The van der Waals surface area contributed by atoms with Crippen molar-refractivity contribution in [1.29, 1.82) is 0 Å². The Labute approximate surface area is 133 Å². The Morgan fingerprint density at radius 2 is 2.13 bits per heavy atom. The van der Waals surface area contributed by atoms with E-state index in [1.807, 2.05) is 30.5 Å². The van der Waals surface area contributed by atoms with Crippen molar-refractivity contribution in [3.05, 3.63) is 59.6 Å². The Kier molecular flexibility index (Phi) is 4.28. The summed E-state index contributed by atoms with van der Waals surface area (Å²) in [7, 11) is 1.58. The number of nitrogens with zero attached hydrogens (tertiary/aromatic N) is 1. The number of esters is 1. The average Bonchev–Trinajstić information content (AvgIpc) is 2.99. The molecule has 0 aliphatic heterocycles. The quantitative estimate of drug-likeness (QED) is 0.674. The molecular formula is C18H17NO4. The molecule has 2 heterocycles. The third-order valence-corrected chi connectivity index (χ3v) is 3.47. The van der Waals surface area contributed by atoms with Gasteiger partial charge in [0.05, 0.1) is 13.7 Å². The zero-order valence-corrected chi connectivity index (χ0v) is 13.0. The Morgan fingerprint density at radius 1 is 1.26 bits per heavy atom. The number of benzene rings is 1. The second-order valence-corrected chi connectivity index (χ2v) is 5.09. The van der Waals surface area contributed by atoms with E-state index in [2.05, 4.69) is 4.98 Å². The first-order valence-electron chi connectivity index (χ1n) is 7.37. The van der Waals surface area contributed by atoms with Gasteiger partial charge in [0.1, 0.15) is 0 Å². The monoisotopic (exact) mass is 311 g/mol. The molecule has 2 aromatic heterocycles. The third kappa shape index (κ3) is 3.18. The van der Waals surface area contributed by atoms with Gasteiger partial charge in [-0.2, -0.15) is 0 Å². The molecule has 0 fully saturated rings. The van der Waals surface area contributed by atoms with Crippen molar-refractivity contribution in [3.63, 3.8) is 0 Å². The Hall–Kier alpha value is -2.82. The summed E-state index contributed by atoms with van der Waals surface area (Å²) in [6.45, 7) is 2.06. The molecule has 0 aliphatic rings. The predicted octanol–water partition coefficient (Wildman–Crippen LogP) is 3.60. The number of furan rings is 1. The van der Waals surface area contributed by atoms with Crippen molar-refractivity contribution in [3.8, 4) is 5.75 Å². The van der Waals surface area contributed by atoms with Gasteiger partial charge in [-0.05, 0) is 48.7 Å². The van der Waals surface area contributed by atoms with Crippen LogP contribution in [0.5, 0.6) is 5.75 Å². The lowest BCUT2D eigenvalue weighted by molar-refractivity contribution is 0.0492. The predicted molar refractivity (Wildman–Crippen MR) is 85.8 cm³/mol. The summed E-state index contributed by atoms with van der Waals surface area (Å²) in [6.07, 6.45) is 4.30. The van der Waals surface area contributed by atoms with E-state index in [1.165, 1.54) is 0 Å². The fraction of sp³-hybridized carbons (Fsp3) is 0.222. The van der Waals surface area contributed by atoms with Gasteiger partial charge in [0.2, 0.25) is 5.76 Å². The largest absolute Gasteiger partial charge is 0.493 e. The summed E-state index contributed by atoms with van der Waals surface area (Å²) in [5.41, 5.74) is 2.70. The topological polar surface area (TPSA) is 61.6 Å². The molecule has 0 unspecified atom stereocenters. The van der Waals surface area contributed by atoms with Crippen molar-refractivity contribution in [2.24, 2.45) is 0 Å². The molecule has 0 radical (unpaired) electrons. The van der Waals surface area contributed by atoms with E-state index in [1.54, 1.807) is 26.3 Å². The molecule has 3 aromatic rings. The van der Waals surface area contributed by atoms with Crippen molar-refractivity contribution >= 4 is 16.9 Å². The molecule has 0 N–H and O–H groups in total. The third-order valence-electron chi connectivity index (χ3n) is 3.47. The van der Waals surface area contributed by atoms with Crippen LogP contribution in [-0.2, 0) is 11.2 Å². The Morgan fingerprint density at radius 3 is 2.83 bits per heavy atom. The highest BCUT2D eigenvalue weighted by Crippen LogP contribution is 2.31. The van der Waals surface area contributed by atoms with E-state index in [0.29, 0.717) is 17.9 Å². The first kappa shape index (κ1) is 15.1. The lowest BCUT2D eigenvalue weighted by Crippen LogP contribution is -2.02. The summed E-state index contributed by atoms with van der Waals surface area (Å²) >= 11 is 0. The molecule has 0 saturated heterocycles. The molecule has 0 bridgehead atoms. The maximum Gasteiger partial charge on any atom is 0.374 e. The number of hydrogen-bond donors (Lipinski definition) is 0. The Balaban J connectivity index is 1.99. The van der Waals surface area contributed by atoms with Crippen LogP contribution in [0.25, 0.3) is 11.0 Å². The lowest BCUT2D eigenvalue weighted by atomic mass is 10.0.